The fourth-order valence-corrected chi connectivity index (χ4v) is 5.27. The van der Waals surface area contributed by atoms with E-state index in [-0.39, 0.29) is 17.5 Å². The van der Waals surface area contributed by atoms with E-state index in [1.54, 1.807) is 37.4 Å². The summed E-state index contributed by atoms with van der Waals surface area (Å²) >= 11 is 18.5. The second kappa shape index (κ2) is 11.4. The van der Waals surface area contributed by atoms with Gasteiger partial charge in [-0.2, -0.15) is 4.31 Å². The summed E-state index contributed by atoms with van der Waals surface area (Å²) < 4.78 is 33.1. The number of amides is 1. The molecule has 1 amide bonds. The third kappa shape index (κ3) is 6.43. The number of hydrogen-bond donors (Lipinski definition) is 1. The molecule has 1 atom stereocenters. The maximum absolute atomic E-state index is 13.4. The van der Waals surface area contributed by atoms with Crippen LogP contribution >= 0.6 is 34.8 Å². The molecule has 0 saturated heterocycles. The van der Waals surface area contributed by atoms with Crippen molar-refractivity contribution >= 4 is 50.7 Å². The lowest BCUT2D eigenvalue weighted by atomic mass is 10.1. The van der Waals surface area contributed by atoms with E-state index in [4.69, 9.17) is 39.5 Å². The minimum absolute atomic E-state index is 0.00363. The summed E-state index contributed by atoms with van der Waals surface area (Å²) in [6.45, 7) is 1.18. The Hall–Kier alpha value is -2.29. The average Bonchev–Trinajstić information content (AvgIpc) is 2.81. The fraction of sp³-hybridized carbons (Fsp3) is 0.208. The van der Waals surface area contributed by atoms with Crippen molar-refractivity contribution in [1.29, 1.82) is 0 Å². The monoisotopic (exact) mass is 540 g/mol. The quantitative estimate of drug-likeness (QED) is 0.376. The van der Waals surface area contributed by atoms with Crippen molar-refractivity contribution in [3.05, 3.63) is 92.9 Å². The van der Waals surface area contributed by atoms with Crippen LogP contribution in [0.1, 0.15) is 24.1 Å². The van der Waals surface area contributed by atoms with Gasteiger partial charge in [-0.05, 0) is 61.0 Å². The molecular formula is C24H23Cl3N2O4S. The van der Waals surface area contributed by atoms with E-state index in [0.717, 1.165) is 9.87 Å². The van der Waals surface area contributed by atoms with Gasteiger partial charge in [0.25, 0.3) is 0 Å². The van der Waals surface area contributed by atoms with Gasteiger partial charge in [0.15, 0.2) is 0 Å². The molecule has 6 nitrogen and oxygen atoms in total. The van der Waals surface area contributed by atoms with E-state index >= 15 is 0 Å². The van der Waals surface area contributed by atoms with E-state index in [1.807, 2.05) is 19.1 Å². The fourth-order valence-electron chi connectivity index (χ4n) is 3.26. The second-order valence-electron chi connectivity index (χ2n) is 7.49. The first-order valence-electron chi connectivity index (χ1n) is 10.2. The number of carbonyl (C=O) groups excluding carboxylic acids is 1. The number of nitrogens with zero attached hydrogens (tertiary/aromatic N) is 1. The van der Waals surface area contributed by atoms with Crippen LogP contribution in [0.5, 0.6) is 5.75 Å². The van der Waals surface area contributed by atoms with Gasteiger partial charge in [0, 0.05) is 27.2 Å². The highest BCUT2D eigenvalue weighted by Gasteiger charge is 2.29. The van der Waals surface area contributed by atoms with Crippen molar-refractivity contribution in [2.24, 2.45) is 0 Å². The molecule has 3 aromatic carbocycles. The summed E-state index contributed by atoms with van der Waals surface area (Å²) in [6.07, 6.45) is 0. The molecule has 180 valence electrons. The summed E-state index contributed by atoms with van der Waals surface area (Å²) in [4.78, 5) is 12.9. The zero-order valence-electron chi connectivity index (χ0n) is 18.5. The van der Waals surface area contributed by atoms with Crippen LogP contribution in [0.2, 0.25) is 15.1 Å². The van der Waals surface area contributed by atoms with Crippen LogP contribution in [0, 0.1) is 0 Å². The van der Waals surface area contributed by atoms with E-state index < -0.39 is 22.5 Å². The molecule has 0 saturated carbocycles. The lowest BCUT2D eigenvalue weighted by Gasteiger charge is -2.24. The number of methoxy groups -OCH3 is 1. The number of sulfonamides is 1. The molecule has 0 aromatic heterocycles. The summed E-state index contributed by atoms with van der Waals surface area (Å²) in [7, 11) is -2.50. The van der Waals surface area contributed by atoms with Gasteiger partial charge in [-0.25, -0.2) is 8.42 Å². The lowest BCUT2D eigenvalue weighted by molar-refractivity contribution is -0.122. The van der Waals surface area contributed by atoms with Crippen LogP contribution in [0.25, 0.3) is 0 Å². The number of nitrogens with one attached hydrogen (secondary N) is 1. The first-order valence-corrected chi connectivity index (χ1v) is 12.8. The molecule has 0 aliphatic carbocycles. The first-order chi connectivity index (χ1) is 16.1. The predicted molar refractivity (Wildman–Crippen MR) is 135 cm³/mol. The third-order valence-corrected chi connectivity index (χ3v) is 7.93. The van der Waals surface area contributed by atoms with Gasteiger partial charge in [0.1, 0.15) is 5.75 Å². The molecule has 0 aliphatic heterocycles. The molecule has 34 heavy (non-hydrogen) atoms. The molecule has 0 unspecified atom stereocenters. The minimum Gasteiger partial charge on any atom is -0.497 e. The Morgan fingerprint density at radius 1 is 0.971 bits per heavy atom. The van der Waals surface area contributed by atoms with Crippen molar-refractivity contribution in [3.8, 4) is 5.75 Å². The normalized spacial score (nSPS) is 12.4. The molecule has 0 radical (unpaired) electrons. The van der Waals surface area contributed by atoms with E-state index in [0.29, 0.717) is 26.4 Å². The van der Waals surface area contributed by atoms with Crippen LogP contribution in [-0.4, -0.2) is 32.3 Å². The van der Waals surface area contributed by atoms with Gasteiger partial charge in [-0.15, -0.1) is 0 Å². The van der Waals surface area contributed by atoms with Crippen molar-refractivity contribution in [2.45, 2.75) is 24.4 Å². The van der Waals surface area contributed by atoms with E-state index in [2.05, 4.69) is 5.32 Å². The van der Waals surface area contributed by atoms with E-state index in [1.165, 1.54) is 24.3 Å². The molecule has 3 aromatic rings. The maximum Gasteiger partial charge on any atom is 0.243 e. The standard InChI is InChI=1S/C24H23Cl3N2O4S/c1-16(17-6-10-19(33-2)11-7-17)28-24(30)15-29(14-21-22(26)4-3-5-23(21)27)34(31,32)20-12-8-18(25)9-13-20/h3-13,16H,14-15H2,1-2H3,(H,28,30)/t16-/m1/s1. The van der Waals surface area contributed by atoms with Gasteiger partial charge in [-0.1, -0.05) is 53.0 Å². The maximum atomic E-state index is 13.4. The highest BCUT2D eigenvalue weighted by molar-refractivity contribution is 7.89. The van der Waals surface area contributed by atoms with Crippen LogP contribution in [-0.2, 0) is 21.4 Å². The van der Waals surface area contributed by atoms with Crippen molar-refractivity contribution < 1.29 is 17.9 Å². The molecule has 0 bridgehead atoms. The number of carbonyl (C=O) groups is 1. The second-order valence-corrected chi connectivity index (χ2v) is 10.7. The van der Waals surface area contributed by atoms with Gasteiger partial charge >= 0.3 is 0 Å². The highest BCUT2D eigenvalue weighted by atomic mass is 35.5. The Bertz CT molecular complexity index is 1230. The summed E-state index contributed by atoms with van der Waals surface area (Å²) in [5.74, 6) is 0.211. The molecule has 3 rings (SSSR count). The Morgan fingerprint density at radius 2 is 1.56 bits per heavy atom. The molecule has 10 heteroatoms. The van der Waals surface area contributed by atoms with Gasteiger partial charge in [0.05, 0.1) is 24.6 Å². The Labute approximate surface area is 214 Å². The lowest BCUT2D eigenvalue weighted by Crippen LogP contribution is -2.41. The summed E-state index contributed by atoms with van der Waals surface area (Å²) in [5.41, 5.74) is 1.25. The van der Waals surface area contributed by atoms with Crippen LogP contribution in [0.3, 0.4) is 0 Å². The van der Waals surface area contributed by atoms with Crippen molar-refractivity contribution in [3.63, 3.8) is 0 Å². The largest absolute Gasteiger partial charge is 0.497 e. The molecule has 0 heterocycles. The van der Waals surface area contributed by atoms with Crippen LogP contribution in [0.15, 0.2) is 71.6 Å². The van der Waals surface area contributed by atoms with Crippen LogP contribution in [0.4, 0.5) is 0 Å². The average molecular weight is 542 g/mol. The zero-order chi connectivity index (χ0) is 24.9. The predicted octanol–water partition coefficient (Wildman–Crippen LogP) is 5.72. The third-order valence-electron chi connectivity index (χ3n) is 5.16. The number of benzene rings is 3. The molecule has 0 aliphatic rings. The molecule has 0 fully saturated rings. The Kier molecular flexibility index (Phi) is 8.84. The van der Waals surface area contributed by atoms with Crippen molar-refractivity contribution in [2.75, 3.05) is 13.7 Å². The Morgan fingerprint density at radius 3 is 2.12 bits per heavy atom. The number of hydrogen-bond acceptors (Lipinski definition) is 4. The number of halogens is 3. The first kappa shape index (κ1) is 26.3. The van der Waals surface area contributed by atoms with E-state index in [9.17, 15) is 13.2 Å². The van der Waals surface area contributed by atoms with Crippen molar-refractivity contribution in [1.82, 2.24) is 9.62 Å². The summed E-state index contributed by atoms with van der Waals surface area (Å²) in [6, 6.07) is 17.5. The number of ether oxygens (including phenoxy) is 1. The Balaban J connectivity index is 1.86. The molecular weight excluding hydrogens is 519 g/mol. The van der Waals surface area contributed by atoms with Gasteiger partial charge < -0.3 is 10.1 Å². The SMILES string of the molecule is COc1ccc([C@@H](C)NC(=O)CN(Cc2c(Cl)cccc2Cl)S(=O)(=O)c2ccc(Cl)cc2)cc1. The topological polar surface area (TPSA) is 75.7 Å². The number of rotatable bonds is 9. The molecule has 1 N–H and O–H groups in total. The highest BCUT2D eigenvalue weighted by Crippen LogP contribution is 2.28. The van der Waals surface area contributed by atoms with Crippen LogP contribution < -0.4 is 10.1 Å². The smallest absolute Gasteiger partial charge is 0.243 e. The van der Waals surface area contributed by atoms with Gasteiger partial charge in [0.2, 0.25) is 15.9 Å². The van der Waals surface area contributed by atoms with Gasteiger partial charge in [-0.3, -0.25) is 4.79 Å². The summed E-state index contributed by atoms with van der Waals surface area (Å²) in [5, 5.41) is 3.84. The minimum atomic E-state index is -4.07. The zero-order valence-corrected chi connectivity index (χ0v) is 21.5. The molecule has 0 spiro atoms.